The van der Waals surface area contributed by atoms with Gasteiger partial charge in [0.15, 0.2) is 0 Å². The molecule has 9 aliphatic carbocycles. The Hall–Kier alpha value is -5.31. The Kier molecular flexibility index (Phi) is 10.4. The topological polar surface area (TPSA) is 135 Å². The number of nitrogens with one attached hydrogen (secondary N) is 6. The van der Waals surface area contributed by atoms with Crippen molar-refractivity contribution in [3.63, 3.8) is 0 Å². The zero-order valence-corrected chi connectivity index (χ0v) is 41.3. The number of aromatic amines is 3. The minimum absolute atomic E-state index is 0.0125. The van der Waals surface area contributed by atoms with E-state index in [1.54, 1.807) is 0 Å². The predicted octanol–water partition coefficient (Wildman–Crippen LogP) is 12.0. The molecule has 0 radical (unpaired) electrons. The van der Waals surface area contributed by atoms with Crippen molar-refractivity contribution in [1.82, 2.24) is 30.9 Å². The normalized spacial score (nSPS) is 31.3. The van der Waals surface area contributed by atoms with E-state index in [0.717, 1.165) is 90.1 Å². The number of H-pyrrole nitrogens is 3. The lowest BCUT2D eigenvalue weighted by Crippen LogP contribution is -2.62. The minimum Gasteiger partial charge on any atom is -0.351 e. The monoisotopic (exact) mass is 925 g/mol. The predicted molar refractivity (Wildman–Crippen MR) is 275 cm³/mol. The summed E-state index contributed by atoms with van der Waals surface area (Å²) in [7, 11) is 0. The number of carbonyl (C=O) groups excluding carboxylic acids is 3. The molecule has 0 spiro atoms. The zero-order valence-electron chi connectivity index (χ0n) is 41.3. The molecule has 360 valence electrons. The third kappa shape index (κ3) is 7.83. The second-order valence-corrected chi connectivity index (χ2v) is 24.8. The van der Waals surface area contributed by atoms with Gasteiger partial charge in [0.25, 0.3) is 17.7 Å². The highest BCUT2D eigenvalue weighted by atomic mass is 16.2. The van der Waals surface area contributed by atoms with E-state index in [-0.39, 0.29) is 34.7 Å². The Labute approximate surface area is 406 Å². The largest absolute Gasteiger partial charge is 0.351 e. The van der Waals surface area contributed by atoms with Crippen molar-refractivity contribution in [3.8, 4) is 0 Å². The Morgan fingerprint density at radius 1 is 0.565 bits per heavy atom. The first-order chi connectivity index (χ1) is 33.3. The highest BCUT2D eigenvalue weighted by Crippen LogP contribution is 2.62. The Morgan fingerprint density at radius 3 is 1.78 bits per heavy atom. The molecule has 4 atom stereocenters. The van der Waals surface area contributed by atoms with Crippen molar-refractivity contribution < 1.29 is 14.4 Å². The second kappa shape index (κ2) is 16.4. The van der Waals surface area contributed by atoms with Crippen molar-refractivity contribution >= 4 is 50.4 Å². The van der Waals surface area contributed by atoms with E-state index in [9.17, 15) is 14.4 Å². The molecule has 0 aliphatic heterocycles. The van der Waals surface area contributed by atoms with Crippen LogP contribution in [0.25, 0.3) is 32.7 Å². The lowest BCUT2D eigenvalue weighted by atomic mass is 9.47. The fourth-order valence-corrected chi connectivity index (χ4v) is 17.4. The van der Waals surface area contributed by atoms with E-state index < -0.39 is 0 Å². The van der Waals surface area contributed by atoms with E-state index in [1.807, 2.05) is 12.1 Å². The lowest BCUT2D eigenvalue weighted by molar-refractivity contribution is -0.0737. The first-order valence-corrected chi connectivity index (χ1v) is 27.1. The molecule has 0 saturated heterocycles. The quantitative estimate of drug-likeness (QED) is 0.0772. The summed E-state index contributed by atoms with van der Waals surface area (Å²) in [6.45, 7) is 9.40. The fourth-order valence-electron chi connectivity index (χ4n) is 17.4. The number of amides is 3. The van der Waals surface area contributed by atoms with Crippen molar-refractivity contribution in [2.24, 2.45) is 52.8 Å². The van der Waals surface area contributed by atoms with Crippen LogP contribution in [0.3, 0.4) is 0 Å². The molecule has 6 N–H and O–H groups in total. The molecule has 9 aliphatic rings. The van der Waals surface area contributed by atoms with Crippen LogP contribution in [0.1, 0.15) is 161 Å². The summed E-state index contributed by atoms with van der Waals surface area (Å²) in [6.07, 6.45) is 20.3. The Bertz CT molecular complexity index is 3020. The first-order valence-electron chi connectivity index (χ1n) is 27.1. The summed E-state index contributed by atoms with van der Waals surface area (Å²) >= 11 is 0. The van der Waals surface area contributed by atoms with Crippen LogP contribution in [0.15, 0.2) is 54.6 Å². The summed E-state index contributed by atoms with van der Waals surface area (Å²) in [5, 5.41) is 13.9. The van der Waals surface area contributed by atoms with Gasteiger partial charge in [0.05, 0.1) is 0 Å². The molecule has 9 saturated carbocycles. The highest BCUT2D eigenvalue weighted by Gasteiger charge is 2.57. The van der Waals surface area contributed by atoms with E-state index in [1.165, 1.54) is 97.6 Å². The van der Waals surface area contributed by atoms with E-state index in [4.69, 9.17) is 0 Å². The molecular weight excluding hydrogens is 853 g/mol. The van der Waals surface area contributed by atoms with Gasteiger partial charge in [-0.2, -0.15) is 0 Å². The molecule has 3 aromatic carbocycles. The van der Waals surface area contributed by atoms with Crippen molar-refractivity contribution in [1.29, 1.82) is 0 Å². The average molecular weight is 925 g/mol. The molecule has 9 nitrogen and oxygen atoms in total. The Balaban J connectivity index is 0.657. The molecule has 9 fully saturated rings. The molecule has 6 aromatic rings. The fraction of sp³-hybridized carbons (Fsp3) is 0.550. The summed E-state index contributed by atoms with van der Waals surface area (Å²) < 4.78 is 0. The summed E-state index contributed by atoms with van der Waals surface area (Å²) in [5.74, 6) is 4.96. The second-order valence-electron chi connectivity index (χ2n) is 24.8. The summed E-state index contributed by atoms with van der Waals surface area (Å²) in [4.78, 5) is 51.9. The molecule has 8 bridgehead atoms. The molecule has 3 amide bonds. The van der Waals surface area contributed by atoms with Gasteiger partial charge >= 0.3 is 0 Å². The van der Waals surface area contributed by atoms with Gasteiger partial charge in [0.1, 0.15) is 17.1 Å². The number of hydrogen-bond acceptors (Lipinski definition) is 3. The van der Waals surface area contributed by atoms with Crippen LogP contribution in [0.4, 0.5) is 0 Å². The van der Waals surface area contributed by atoms with Gasteiger partial charge in [-0.25, -0.2) is 0 Å². The van der Waals surface area contributed by atoms with Crippen LogP contribution in [-0.2, 0) is 12.8 Å². The smallest absolute Gasteiger partial charge is 0.268 e. The van der Waals surface area contributed by atoms with Gasteiger partial charge in [-0.1, -0.05) is 37.5 Å². The molecule has 69 heavy (non-hydrogen) atoms. The van der Waals surface area contributed by atoms with E-state index in [2.05, 4.69) is 101 Å². The van der Waals surface area contributed by atoms with Gasteiger partial charge in [-0.3, -0.25) is 14.4 Å². The number of fused-ring (bicyclic) bond motifs is 3. The van der Waals surface area contributed by atoms with Crippen LogP contribution in [0, 0.1) is 80.5 Å². The number of benzene rings is 3. The number of hydrogen-bond donors (Lipinski definition) is 6. The molecular formula is C60H72N6O3. The first kappa shape index (κ1) is 43.7. The SMILES string of the molecule is Cc1cc(C)c2cc(C(=O)NC34CC5CC(C3)C(Cc3cc(C)c6cc(C(=O)NC7C8CC9CC7CC(Cc7cc(C)c%10cc(C(=O)NCC%11CCCCC%11)[nH]c%10c7)(C9)C8)[nH]c6c3)C(C5)C4)[nH]c2c1. The van der Waals surface area contributed by atoms with Crippen LogP contribution in [-0.4, -0.2) is 50.8 Å². The zero-order chi connectivity index (χ0) is 46.9. The third-order valence-corrected chi connectivity index (χ3v) is 19.7. The number of carbonyl (C=O) groups is 3. The van der Waals surface area contributed by atoms with Crippen molar-refractivity contribution in [2.45, 2.75) is 148 Å². The average Bonchev–Trinajstić information content (AvgIpc) is 4.06. The summed E-state index contributed by atoms with van der Waals surface area (Å²) in [5.41, 5.74) is 13.0. The van der Waals surface area contributed by atoms with Gasteiger partial charge in [0.2, 0.25) is 0 Å². The van der Waals surface area contributed by atoms with Crippen LogP contribution in [0.5, 0.6) is 0 Å². The molecule has 9 heteroatoms. The number of rotatable bonds is 11. The number of aryl methyl sites for hydroxylation is 4. The highest BCUT2D eigenvalue weighted by molar-refractivity contribution is 6.01. The maximum Gasteiger partial charge on any atom is 0.268 e. The van der Waals surface area contributed by atoms with E-state index >= 15 is 0 Å². The van der Waals surface area contributed by atoms with Crippen LogP contribution >= 0.6 is 0 Å². The molecule has 3 aromatic heterocycles. The summed E-state index contributed by atoms with van der Waals surface area (Å²) in [6, 6.07) is 20.1. The van der Waals surface area contributed by atoms with Crippen molar-refractivity contribution in [2.75, 3.05) is 6.54 Å². The lowest BCUT2D eigenvalue weighted by Gasteiger charge is -2.60. The van der Waals surface area contributed by atoms with Crippen LogP contribution < -0.4 is 16.0 Å². The molecule has 3 heterocycles. The van der Waals surface area contributed by atoms with Crippen molar-refractivity contribution in [3.05, 3.63) is 105 Å². The van der Waals surface area contributed by atoms with E-state index in [0.29, 0.717) is 58.5 Å². The maximum atomic E-state index is 14.3. The standard InChI is InChI=1S/C60H72N6O3/c1-32-10-33(2)45-23-54(62-49(45)11-32)58(69)66-60-26-40-14-41(29-60)48(42(15-40)30-60)18-37-12-34(3)47-22-53(64-50(47)19-37)57(68)65-55-43-16-39-17-44(55)28-59(25-39,27-43)24-38-13-35(4)46-21-52(63-51(46)20-38)56(67)61-31-36-8-6-5-7-9-36/h10-13,19-23,36,39-44,48,55,62-64H,5-9,14-18,24-31H2,1-4H3,(H,61,67)(H,65,68)(H,66,69). The maximum absolute atomic E-state index is 14.3. The van der Waals surface area contributed by atoms with Gasteiger partial charge in [0, 0.05) is 50.8 Å². The van der Waals surface area contributed by atoms with Crippen LogP contribution in [0.2, 0.25) is 0 Å². The van der Waals surface area contributed by atoms with Gasteiger partial charge in [-0.05, 0) is 240 Å². The Morgan fingerprint density at radius 2 is 1.12 bits per heavy atom. The van der Waals surface area contributed by atoms with Gasteiger partial charge < -0.3 is 30.9 Å². The third-order valence-electron chi connectivity index (χ3n) is 19.7. The number of aromatic nitrogens is 3. The molecule has 4 unspecified atom stereocenters. The molecule has 15 rings (SSSR count). The minimum atomic E-state index is -0.109. The van der Waals surface area contributed by atoms with Gasteiger partial charge in [-0.15, -0.1) is 0 Å².